The van der Waals surface area contributed by atoms with Crippen molar-refractivity contribution in [1.29, 1.82) is 0 Å². The molecule has 0 atom stereocenters. The molecular formula is C13H22N2S2. The minimum atomic E-state index is 0.172. The van der Waals surface area contributed by atoms with Crippen LogP contribution in [0, 0.1) is 0 Å². The van der Waals surface area contributed by atoms with E-state index >= 15 is 0 Å². The average molecular weight is 270 g/mol. The van der Waals surface area contributed by atoms with Crippen LogP contribution < -0.4 is 5.32 Å². The third-order valence-corrected chi connectivity index (χ3v) is 5.55. The predicted molar refractivity (Wildman–Crippen MR) is 78.0 cm³/mol. The number of nitrogens with zero attached hydrogens (tertiary/aromatic N) is 1. The van der Waals surface area contributed by atoms with Crippen LogP contribution in [0.3, 0.4) is 0 Å². The number of thioether (sulfide) groups is 1. The predicted octanol–water partition coefficient (Wildman–Crippen LogP) is 3.43. The van der Waals surface area contributed by atoms with E-state index in [0.29, 0.717) is 4.75 Å². The Kier molecular flexibility index (Phi) is 3.86. The maximum atomic E-state index is 4.70. The molecule has 4 heteroatoms. The molecule has 1 aromatic rings. The Labute approximate surface area is 113 Å². The molecule has 1 aliphatic rings. The molecule has 0 radical (unpaired) electrons. The van der Waals surface area contributed by atoms with Gasteiger partial charge in [0, 0.05) is 28.6 Å². The highest BCUT2D eigenvalue weighted by Crippen LogP contribution is 2.46. The van der Waals surface area contributed by atoms with Crippen LogP contribution in [0.1, 0.15) is 44.3 Å². The third-order valence-electron chi connectivity index (χ3n) is 3.28. The molecule has 1 N–H and O–H groups in total. The van der Waals surface area contributed by atoms with Crippen LogP contribution in [-0.4, -0.2) is 22.5 Å². The van der Waals surface area contributed by atoms with Crippen molar-refractivity contribution >= 4 is 23.1 Å². The lowest BCUT2D eigenvalue weighted by Gasteiger charge is -2.14. The van der Waals surface area contributed by atoms with Crippen molar-refractivity contribution in [2.24, 2.45) is 0 Å². The smallest absolute Gasteiger partial charge is 0.107 e. The molecule has 0 aliphatic heterocycles. The van der Waals surface area contributed by atoms with Crippen LogP contribution in [0.2, 0.25) is 0 Å². The van der Waals surface area contributed by atoms with Crippen LogP contribution in [-0.2, 0) is 12.0 Å². The van der Waals surface area contributed by atoms with E-state index in [0.717, 1.165) is 13.1 Å². The second-order valence-corrected chi connectivity index (χ2v) is 8.08. The Morgan fingerprint density at radius 2 is 2.18 bits per heavy atom. The molecule has 2 rings (SSSR count). The Bertz CT molecular complexity index is 375. The first-order chi connectivity index (χ1) is 7.95. The number of hydrogen-bond acceptors (Lipinski definition) is 4. The highest BCUT2D eigenvalue weighted by atomic mass is 32.2. The zero-order valence-corrected chi connectivity index (χ0v) is 12.8. The maximum absolute atomic E-state index is 4.70. The van der Waals surface area contributed by atoms with E-state index in [1.165, 1.54) is 23.5 Å². The molecule has 17 heavy (non-hydrogen) atoms. The summed E-state index contributed by atoms with van der Waals surface area (Å²) in [7, 11) is 0. The zero-order chi connectivity index (χ0) is 12.5. The number of nitrogens with one attached hydrogen (secondary N) is 1. The largest absolute Gasteiger partial charge is 0.309 e. The Morgan fingerprint density at radius 1 is 1.47 bits per heavy atom. The monoisotopic (exact) mass is 270 g/mol. The fourth-order valence-electron chi connectivity index (χ4n) is 1.73. The van der Waals surface area contributed by atoms with Gasteiger partial charge in [0.15, 0.2) is 0 Å². The quantitative estimate of drug-likeness (QED) is 0.887. The van der Waals surface area contributed by atoms with E-state index in [1.807, 2.05) is 11.8 Å². The van der Waals surface area contributed by atoms with Gasteiger partial charge in [-0.3, -0.25) is 0 Å². The fraction of sp³-hybridized carbons (Fsp3) is 0.769. The van der Waals surface area contributed by atoms with Crippen molar-refractivity contribution in [3.8, 4) is 0 Å². The molecule has 0 unspecified atom stereocenters. The van der Waals surface area contributed by atoms with Gasteiger partial charge in [-0.2, -0.15) is 11.8 Å². The van der Waals surface area contributed by atoms with Crippen molar-refractivity contribution in [2.45, 2.75) is 50.3 Å². The Hall–Kier alpha value is -0.0600. The molecule has 1 aliphatic carbocycles. The third kappa shape index (κ3) is 3.46. The van der Waals surface area contributed by atoms with Gasteiger partial charge in [-0.25, -0.2) is 4.98 Å². The van der Waals surface area contributed by atoms with E-state index in [-0.39, 0.29) is 5.41 Å². The highest BCUT2D eigenvalue weighted by molar-refractivity contribution is 8.00. The number of thiazole rings is 1. The summed E-state index contributed by atoms with van der Waals surface area (Å²) in [6.07, 6.45) is 4.95. The van der Waals surface area contributed by atoms with Crippen molar-refractivity contribution in [1.82, 2.24) is 10.3 Å². The lowest BCUT2D eigenvalue weighted by molar-refractivity contribution is 0.567. The van der Waals surface area contributed by atoms with Crippen molar-refractivity contribution in [3.63, 3.8) is 0 Å². The second kappa shape index (κ2) is 4.90. The minimum Gasteiger partial charge on any atom is -0.309 e. The summed E-state index contributed by atoms with van der Waals surface area (Å²) >= 11 is 3.78. The van der Waals surface area contributed by atoms with Gasteiger partial charge in [0.25, 0.3) is 0 Å². The second-order valence-electron chi connectivity index (χ2n) is 5.87. The standard InChI is InChI=1S/C13H22N2S2/c1-12(2,3)10-8-17-11(15-10)7-14-9-13(16-4)5-6-13/h8,14H,5-7,9H2,1-4H3. The first-order valence-corrected chi connectivity index (χ1v) is 8.26. The van der Waals surface area contributed by atoms with Gasteiger partial charge in [0.05, 0.1) is 5.69 Å². The Balaban J connectivity index is 1.81. The highest BCUT2D eigenvalue weighted by Gasteiger charge is 2.41. The van der Waals surface area contributed by atoms with Crippen LogP contribution in [0.25, 0.3) is 0 Å². The topological polar surface area (TPSA) is 24.9 Å². The fourth-order valence-corrected chi connectivity index (χ4v) is 3.47. The number of rotatable bonds is 5. The molecule has 2 nitrogen and oxygen atoms in total. The summed E-state index contributed by atoms with van der Waals surface area (Å²) in [5.74, 6) is 0. The summed E-state index contributed by atoms with van der Waals surface area (Å²) in [5, 5.41) is 6.95. The molecule has 0 aromatic carbocycles. The van der Waals surface area contributed by atoms with E-state index in [9.17, 15) is 0 Å². The molecule has 0 spiro atoms. The van der Waals surface area contributed by atoms with Gasteiger partial charge in [0.1, 0.15) is 5.01 Å². The molecule has 1 heterocycles. The summed E-state index contributed by atoms with van der Waals surface area (Å²) < 4.78 is 0.546. The van der Waals surface area contributed by atoms with Gasteiger partial charge in [-0.05, 0) is 19.1 Å². The summed E-state index contributed by atoms with van der Waals surface area (Å²) in [6, 6.07) is 0. The normalized spacial score (nSPS) is 18.4. The van der Waals surface area contributed by atoms with Gasteiger partial charge in [-0.1, -0.05) is 20.8 Å². The Morgan fingerprint density at radius 3 is 2.65 bits per heavy atom. The van der Waals surface area contributed by atoms with Gasteiger partial charge < -0.3 is 5.32 Å². The van der Waals surface area contributed by atoms with Crippen LogP contribution in [0.5, 0.6) is 0 Å². The number of hydrogen-bond donors (Lipinski definition) is 1. The first kappa shape index (κ1) is 13.4. The van der Waals surface area contributed by atoms with E-state index < -0.39 is 0 Å². The van der Waals surface area contributed by atoms with Crippen LogP contribution in [0.15, 0.2) is 5.38 Å². The number of aromatic nitrogens is 1. The van der Waals surface area contributed by atoms with E-state index in [2.05, 4.69) is 37.7 Å². The lowest BCUT2D eigenvalue weighted by atomic mass is 9.93. The molecule has 1 aromatic heterocycles. The molecule has 1 fully saturated rings. The van der Waals surface area contributed by atoms with Crippen molar-refractivity contribution in [2.75, 3.05) is 12.8 Å². The molecule has 0 saturated heterocycles. The molecule has 96 valence electrons. The van der Waals surface area contributed by atoms with Crippen LogP contribution in [0.4, 0.5) is 0 Å². The molecule has 1 saturated carbocycles. The summed E-state index contributed by atoms with van der Waals surface area (Å²) in [6.45, 7) is 8.69. The van der Waals surface area contributed by atoms with E-state index in [1.54, 1.807) is 11.3 Å². The average Bonchev–Trinajstić information content (AvgIpc) is 2.86. The van der Waals surface area contributed by atoms with Crippen molar-refractivity contribution in [3.05, 3.63) is 16.1 Å². The SMILES string of the molecule is CSC1(CNCc2nc(C(C)(C)C)cs2)CC1. The summed E-state index contributed by atoms with van der Waals surface area (Å²) in [5.41, 5.74) is 1.39. The van der Waals surface area contributed by atoms with Crippen LogP contribution >= 0.6 is 23.1 Å². The van der Waals surface area contributed by atoms with Gasteiger partial charge >= 0.3 is 0 Å². The maximum Gasteiger partial charge on any atom is 0.107 e. The minimum absolute atomic E-state index is 0.172. The molecular weight excluding hydrogens is 248 g/mol. The van der Waals surface area contributed by atoms with E-state index in [4.69, 9.17) is 4.98 Å². The lowest BCUT2D eigenvalue weighted by Crippen LogP contribution is -2.25. The molecule has 0 amide bonds. The zero-order valence-electron chi connectivity index (χ0n) is 11.2. The van der Waals surface area contributed by atoms with Gasteiger partial charge in [-0.15, -0.1) is 11.3 Å². The molecule has 0 bridgehead atoms. The van der Waals surface area contributed by atoms with Crippen molar-refractivity contribution < 1.29 is 0 Å². The summed E-state index contributed by atoms with van der Waals surface area (Å²) in [4.78, 5) is 4.70. The van der Waals surface area contributed by atoms with Gasteiger partial charge in [0.2, 0.25) is 0 Å². The first-order valence-electron chi connectivity index (χ1n) is 6.16.